The van der Waals surface area contributed by atoms with Crippen molar-refractivity contribution < 1.29 is 19.0 Å². The summed E-state index contributed by atoms with van der Waals surface area (Å²) in [5.41, 5.74) is 0. The molecule has 18 heavy (non-hydrogen) atoms. The third-order valence-corrected chi connectivity index (χ3v) is 2.13. The summed E-state index contributed by atoms with van der Waals surface area (Å²) in [4.78, 5) is 11.1. The van der Waals surface area contributed by atoms with Crippen LogP contribution in [0.4, 0.5) is 0 Å². The normalized spacial score (nSPS) is 10.6. The molecule has 0 aromatic rings. The molecule has 0 fully saturated rings. The van der Waals surface area contributed by atoms with Crippen LogP contribution in [0.5, 0.6) is 0 Å². The van der Waals surface area contributed by atoms with Crippen LogP contribution in [-0.4, -0.2) is 65.7 Å². The van der Waals surface area contributed by atoms with Gasteiger partial charge in [-0.2, -0.15) is 0 Å². The van der Waals surface area contributed by atoms with E-state index < -0.39 is 0 Å². The van der Waals surface area contributed by atoms with Crippen LogP contribution in [-0.2, 0) is 19.0 Å². The highest BCUT2D eigenvalue weighted by Gasteiger charge is 1.97. The quantitative estimate of drug-likeness (QED) is 0.449. The van der Waals surface area contributed by atoms with Gasteiger partial charge in [0.1, 0.15) is 0 Å². The predicted molar refractivity (Wildman–Crippen MR) is 69.7 cm³/mol. The molecule has 0 unspecified atom stereocenters. The fraction of sp³-hybridized carbons (Fsp3) is 0.917. The molecule has 0 saturated carbocycles. The van der Waals surface area contributed by atoms with E-state index >= 15 is 0 Å². The molecule has 0 bridgehead atoms. The topological polar surface area (TPSA) is 68.8 Å². The Bertz CT molecular complexity index is 191. The minimum absolute atomic E-state index is 0.0810. The van der Waals surface area contributed by atoms with E-state index in [1.165, 1.54) is 0 Å². The van der Waals surface area contributed by atoms with Crippen LogP contribution in [0.1, 0.15) is 13.3 Å². The summed E-state index contributed by atoms with van der Waals surface area (Å²) in [5, 5.41) is 5.88. The Kier molecular flexibility index (Phi) is 13.8. The monoisotopic (exact) mass is 262 g/mol. The Morgan fingerprint density at radius 3 is 2.33 bits per heavy atom. The standard InChI is InChI=1S/C12H26N2O4/c1-3-14-12(15)4-5-13-6-7-17-10-11-18-9-8-16-2/h13H,3-11H2,1-2H3,(H,14,15). The van der Waals surface area contributed by atoms with Gasteiger partial charge >= 0.3 is 0 Å². The highest BCUT2D eigenvalue weighted by atomic mass is 16.5. The lowest BCUT2D eigenvalue weighted by molar-refractivity contribution is -0.120. The van der Waals surface area contributed by atoms with Crippen LogP contribution >= 0.6 is 0 Å². The summed E-state index contributed by atoms with van der Waals surface area (Å²) in [6, 6.07) is 0. The van der Waals surface area contributed by atoms with E-state index in [2.05, 4.69) is 10.6 Å². The zero-order chi connectivity index (χ0) is 13.5. The Labute approximate surface area is 109 Å². The van der Waals surface area contributed by atoms with E-state index in [1.807, 2.05) is 6.92 Å². The molecule has 2 N–H and O–H groups in total. The van der Waals surface area contributed by atoms with Gasteiger partial charge in [-0.15, -0.1) is 0 Å². The summed E-state index contributed by atoms with van der Waals surface area (Å²) in [7, 11) is 1.65. The predicted octanol–water partition coefficient (Wildman–Crippen LogP) is -0.218. The number of rotatable bonds is 13. The Morgan fingerprint density at radius 1 is 1.00 bits per heavy atom. The minimum atomic E-state index is 0.0810. The molecular formula is C12H26N2O4. The summed E-state index contributed by atoms with van der Waals surface area (Å²) in [5.74, 6) is 0.0810. The molecule has 0 aliphatic carbocycles. The molecule has 0 rings (SSSR count). The number of carbonyl (C=O) groups is 1. The summed E-state index contributed by atoms with van der Waals surface area (Å²) in [6.07, 6.45) is 0.508. The minimum Gasteiger partial charge on any atom is -0.382 e. The lowest BCUT2D eigenvalue weighted by atomic mass is 10.4. The van der Waals surface area contributed by atoms with E-state index in [0.717, 1.165) is 6.54 Å². The number of hydrogen-bond donors (Lipinski definition) is 2. The van der Waals surface area contributed by atoms with Crippen molar-refractivity contribution >= 4 is 5.91 Å². The van der Waals surface area contributed by atoms with Crippen molar-refractivity contribution in [1.29, 1.82) is 0 Å². The lowest BCUT2D eigenvalue weighted by Gasteiger charge is -2.07. The van der Waals surface area contributed by atoms with Crippen molar-refractivity contribution in [3.63, 3.8) is 0 Å². The first-order chi connectivity index (χ1) is 8.81. The van der Waals surface area contributed by atoms with Gasteiger partial charge in [-0.1, -0.05) is 0 Å². The molecule has 0 saturated heterocycles. The molecule has 0 aliphatic heterocycles. The van der Waals surface area contributed by atoms with Crippen molar-refractivity contribution in [1.82, 2.24) is 10.6 Å². The van der Waals surface area contributed by atoms with Gasteiger partial charge in [-0.25, -0.2) is 0 Å². The summed E-state index contributed by atoms with van der Waals surface area (Å²) < 4.78 is 15.4. The molecule has 0 aromatic heterocycles. The van der Waals surface area contributed by atoms with Crippen molar-refractivity contribution in [2.24, 2.45) is 0 Å². The number of nitrogens with one attached hydrogen (secondary N) is 2. The number of hydrogen-bond acceptors (Lipinski definition) is 5. The second kappa shape index (κ2) is 14.4. The molecule has 108 valence electrons. The van der Waals surface area contributed by atoms with Crippen LogP contribution in [0.2, 0.25) is 0 Å². The van der Waals surface area contributed by atoms with Crippen molar-refractivity contribution in [3.8, 4) is 0 Å². The van der Waals surface area contributed by atoms with E-state index in [9.17, 15) is 4.79 Å². The van der Waals surface area contributed by atoms with Crippen LogP contribution in [0.25, 0.3) is 0 Å². The zero-order valence-corrected chi connectivity index (χ0v) is 11.5. The number of methoxy groups -OCH3 is 1. The molecule has 0 heterocycles. The molecule has 0 radical (unpaired) electrons. The molecule has 1 amide bonds. The van der Waals surface area contributed by atoms with Crippen molar-refractivity contribution in [2.75, 3.05) is 59.8 Å². The van der Waals surface area contributed by atoms with Gasteiger partial charge in [0.15, 0.2) is 0 Å². The van der Waals surface area contributed by atoms with Gasteiger partial charge in [-0.05, 0) is 6.92 Å². The molecule has 6 heteroatoms. The smallest absolute Gasteiger partial charge is 0.221 e. The molecular weight excluding hydrogens is 236 g/mol. The average molecular weight is 262 g/mol. The number of carbonyl (C=O) groups excluding carboxylic acids is 1. The summed E-state index contributed by atoms with van der Waals surface area (Å²) >= 11 is 0. The highest BCUT2D eigenvalue weighted by Crippen LogP contribution is 1.80. The van der Waals surface area contributed by atoms with Crippen molar-refractivity contribution in [3.05, 3.63) is 0 Å². The van der Waals surface area contributed by atoms with Gasteiger partial charge in [-0.3, -0.25) is 4.79 Å². The van der Waals surface area contributed by atoms with Gasteiger partial charge in [0.2, 0.25) is 5.91 Å². The summed E-state index contributed by atoms with van der Waals surface area (Å²) in [6.45, 7) is 7.04. The molecule has 0 aromatic carbocycles. The second-order valence-corrected chi connectivity index (χ2v) is 3.67. The van der Waals surface area contributed by atoms with Gasteiger partial charge < -0.3 is 24.8 Å². The zero-order valence-electron chi connectivity index (χ0n) is 11.5. The first kappa shape index (κ1) is 17.3. The van der Waals surface area contributed by atoms with Gasteiger partial charge in [0.05, 0.1) is 33.0 Å². The second-order valence-electron chi connectivity index (χ2n) is 3.67. The third-order valence-electron chi connectivity index (χ3n) is 2.13. The fourth-order valence-electron chi connectivity index (χ4n) is 1.22. The SMILES string of the molecule is CCNC(=O)CCNCCOCCOCCOC. The van der Waals surface area contributed by atoms with Crippen LogP contribution in [0.15, 0.2) is 0 Å². The van der Waals surface area contributed by atoms with Gasteiger partial charge in [0.25, 0.3) is 0 Å². The third kappa shape index (κ3) is 13.4. The molecule has 0 atom stereocenters. The van der Waals surface area contributed by atoms with E-state index in [-0.39, 0.29) is 5.91 Å². The van der Waals surface area contributed by atoms with E-state index in [1.54, 1.807) is 7.11 Å². The largest absolute Gasteiger partial charge is 0.382 e. The maximum Gasteiger partial charge on any atom is 0.221 e. The lowest BCUT2D eigenvalue weighted by Crippen LogP contribution is -2.29. The van der Waals surface area contributed by atoms with Crippen LogP contribution < -0.4 is 10.6 Å². The maximum absolute atomic E-state index is 11.1. The highest BCUT2D eigenvalue weighted by molar-refractivity contribution is 5.75. The number of ether oxygens (including phenoxy) is 3. The fourth-order valence-corrected chi connectivity index (χ4v) is 1.22. The molecule has 0 spiro atoms. The Morgan fingerprint density at radius 2 is 1.67 bits per heavy atom. The van der Waals surface area contributed by atoms with E-state index in [0.29, 0.717) is 52.5 Å². The first-order valence-corrected chi connectivity index (χ1v) is 6.43. The van der Waals surface area contributed by atoms with Crippen molar-refractivity contribution in [2.45, 2.75) is 13.3 Å². The van der Waals surface area contributed by atoms with E-state index in [4.69, 9.17) is 14.2 Å². The Hall–Kier alpha value is -0.690. The Balaban J connectivity index is 3.01. The van der Waals surface area contributed by atoms with Gasteiger partial charge in [0, 0.05) is 33.2 Å². The maximum atomic E-state index is 11.1. The van der Waals surface area contributed by atoms with Crippen LogP contribution in [0.3, 0.4) is 0 Å². The van der Waals surface area contributed by atoms with Crippen LogP contribution in [0, 0.1) is 0 Å². The first-order valence-electron chi connectivity index (χ1n) is 6.43. The average Bonchev–Trinajstić information content (AvgIpc) is 2.36. The molecule has 0 aliphatic rings. The molecule has 6 nitrogen and oxygen atoms in total. The number of amides is 1.